The number of benzene rings is 2. The first kappa shape index (κ1) is 23.5. The summed E-state index contributed by atoms with van der Waals surface area (Å²) in [5.41, 5.74) is 2.87. The van der Waals surface area contributed by atoms with Gasteiger partial charge in [0.15, 0.2) is 0 Å². The summed E-state index contributed by atoms with van der Waals surface area (Å²) in [6, 6.07) is 11.4. The molecular formula is C24H28Cl3N3O2. The number of carbonyl (C=O) groups is 1. The molecule has 0 saturated carbocycles. The zero-order valence-corrected chi connectivity index (χ0v) is 20.3. The third kappa shape index (κ3) is 5.28. The lowest BCUT2D eigenvalue weighted by Gasteiger charge is -2.35. The maximum atomic E-state index is 12.7. The number of anilines is 2. The number of hydrogen-bond acceptors (Lipinski definition) is 4. The number of aliphatic hydroxyl groups is 1. The minimum absolute atomic E-state index is 0.0357. The Morgan fingerprint density at radius 2 is 1.78 bits per heavy atom. The van der Waals surface area contributed by atoms with Crippen LogP contribution >= 0.6 is 34.8 Å². The van der Waals surface area contributed by atoms with Gasteiger partial charge in [-0.2, -0.15) is 0 Å². The molecule has 2 heterocycles. The Bertz CT molecular complexity index is 979. The van der Waals surface area contributed by atoms with Gasteiger partial charge in [0.2, 0.25) is 5.91 Å². The van der Waals surface area contributed by atoms with Crippen LogP contribution in [0.5, 0.6) is 0 Å². The highest BCUT2D eigenvalue weighted by molar-refractivity contribution is 6.35. The summed E-state index contributed by atoms with van der Waals surface area (Å²) in [4.78, 5) is 16.9. The van der Waals surface area contributed by atoms with Gasteiger partial charge in [-0.25, -0.2) is 0 Å². The molecule has 8 heteroatoms. The number of β-amino-alcohol motifs (C(OH)–C–C–N with tert-alkyl or cyclic N) is 1. The summed E-state index contributed by atoms with van der Waals surface area (Å²) < 4.78 is 0. The zero-order chi connectivity index (χ0) is 22.8. The first-order valence-corrected chi connectivity index (χ1v) is 12.2. The van der Waals surface area contributed by atoms with E-state index < -0.39 is 0 Å². The van der Waals surface area contributed by atoms with Crippen molar-refractivity contribution in [2.24, 2.45) is 5.92 Å². The molecule has 2 fully saturated rings. The molecule has 0 spiro atoms. The second-order valence-corrected chi connectivity index (χ2v) is 9.93. The Morgan fingerprint density at radius 1 is 1.03 bits per heavy atom. The van der Waals surface area contributed by atoms with Gasteiger partial charge < -0.3 is 20.2 Å². The van der Waals surface area contributed by atoms with Gasteiger partial charge in [0.1, 0.15) is 0 Å². The molecule has 2 aromatic rings. The van der Waals surface area contributed by atoms with Gasteiger partial charge in [-0.05, 0) is 62.1 Å². The van der Waals surface area contributed by atoms with E-state index in [9.17, 15) is 9.90 Å². The minimum Gasteiger partial charge on any atom is -0.391 e. The van der Waals surface area contributed by atoms with E-state index in [1.54, 1.807) is 6.07 Å². The Hall–Kier alpha value is -1.66. The van der Waals surface area contributed by atoms with Crippen LogP contribution in [0.15, 0.2) is 36.4 Å². The van der Waals surface area contributed by atoms with E-state index in [1.807, 2.05) is 36.1 Å². The van der Waals surface area contributed by atoms with Crippen LogP contribution in [0.2, 0.25) is 15.1 Å². The fourth-order valence-corrected chi connectivity index (χ4v) is 5.31. The molecule has 172 valence electrons. The highest BCUT2D eigenvalue weighted by atomic mass is 35.5. The van der Waals surface area contributed by atoms with Gasteiger partial charge in [0.25, 0.3) is 0 Å². The lowest BCUT2D eigenvalue weighted by Crippen LogP contribution is -2.42. The molecule has 0 aliphatic carbocycles. The highest BCUT2D eigenvalue weighted by Crippen LogP contribution is 2.34. The van der Waals surface area contributed by atoms with E-state index in [-0.39, 0.29) is 24.0 Å². The van der Waals surface area contributed by atoms with Crippen molar-refractivity contribution in [3.05, 3.63) is 57.0 Å². The normalized spacial score (nSPS) is 20.5. The molecular weight excluding hydrogens is 469 g/mol. The molecule has 2 atom stereocenters. The first-order valence-electron chi connectivity index (χ1n) is 11.0. The Morgan fingerprint density at radius 3 is 2.44 bits per heavy atom. The average molecular weight is 497 g/mol. The van der Waals surface area contributed by atoms with Crippen molar-refractivity contribution in [3.63, 3.8) is 0 Å². The lowest BCUT2D eigenvalue weighted by atomic mass is 9.95. The number of aliphatic hydroxyl groups excluding tert-OH is 1. The van der Waals surface area contributed by atoms with Crippen molar-refractivity contribution in [1.29, 1.82) is 0 Å². The maximum absolute atomic E-state index is 12.7. The number of likely N-dealkylation sites (tertiary alicyclic amines) is 1. The van der Waals surface area contributed by atoms with Crippen LogP contribution in [0.1, 0.15) is 37.8 Å². The van der Waals surface area contributed by atoms with E-state index in [0.717, 1.165) is 42.9 Å². The molecule has 1 amide bonds. The average Bonchev–Trinajstić information content (AvgIpc) is 3.21. The molecule has 32 heavy (non-hydrogen) atoms. The number of piperidine rings is 1. The van der Waals surface area contributed by atoms with E-state index in [4.69, 9.17) is 34.8 Å². The van der Waals surface area contributed by atoms with E-state index >= 15 is 0 Å². The topological polar surface area (TPSA) is 55.8 Å². The van der Waals surface area contributed by atoms with Crippen LogP contribution in [0, 0.1) is 5.92 Å². The number of nitrogens with one attached hydrogen (secondary N) is 1. The maximum Gasteiger partial charge on any atom is 0.225 e. The second kappa shape index (κ2) is 10.1. The standard InChI is InChI=1S/C24H28Cl3N3O2/c1-15(20-4-2-17(25)12-22(20)27)28-23-13-18(3-5-21(23)26)29-9-6-16(7-10-29)24(32)30-11-8-19(31)14-30/h2-5,12-13,15-16,19,28,31H,6-11,14H2,1H3/t15-,19?/m1/s1. The molecule has 2 aliphatic rings. The van der Waals surface area contributed by atoms with Gasteiger partial charge in [0, 0.05) is 47.8 Å². The van der Waals surface area contributed by atoms with Crippen molar-refractivity contribution in [1.82, 2.24) is 4.90 Å². The number of rotatable bonds is 5. The molecule has 4 rings (SSSR count). The fraction of sp³-hybridized carbons (Fsp3) is 0.458. The van der Waals surface area contributed by atoms with Gasteiger partial charge in [0.05, 0.1) is 22.9 Å². The molecule has 0 radical (unpaired) electrons. The smallest absolute Gasteiger partial charge is 0.225 e. The van der Waals surface area contributed by atoms with Gasteiger partial charge in [-0.15, -0.1) is 0 Å². The third-order valence-corrected chi connectivity index (χ3v) is 7.33. The number of nitrogens with zero attached hydrogens (tertiary/aromatic N) is 2. The molecule has 2 N–H and O–H groups in total. The fourth-order valence-electron chi connectivity index (χ4n) is 4.57. The number of carbonyl (C=O) groups excluding carboxylic acids is 1. The van der Waals surface area contributed by atoms with Crippen LogP contribution in [0.25, 0.3) is 0 Å². The quantitative estimate of drug-likeness (QED) is 0.563. The van der Waals surface area contributed by atoms with E-state index in [0.29, 0.717) is 34.6 Å². The SMILES string of the molecule is C[C@@H](Nc1cc(N2CCC(C(=O)N3CCC(O)C3)CC2)ccc1Cl)c1ccc(Cl)cc1Cl. The molecule has 2 saturated heterocycles. The minimum atomic E-state index is -0.371. The highest BCUT2D eigenvalue weighted by Gasteiger charge is 2.32. The van der Waals surface area contributed by atoms with Crippen LogP contribution in [-0.4, -0.2) is 48.2 Å². The number of halogens is 3. The van der Waals surface area contributed by atoms with E-state index in [1.165, 1.54) is 0 Å². The molecule has 0 aromatic heterocycles. The second-order valence-electron chi connectivity index (χ2n) is 8.68. The molecule has 0 bridgehead atoms. The predicted octanol–water partition coefficient (Wildman–Crippen LogP) is 5.63. The monoisotopic (exact) mass is 495 g/mol. The molecule has 1 unspecified atom stereocenters. The predicted molar refractivity (Wildman–Crippen MR) is 132 cm³/mol. The van der Waals surface area contributed by atoms with Gasteiger partial charge in [-0.1, -0.05) is 40.9 Å². The Balaban J connectivity index is 1.40. The summed E-state index contributed by atoms with van der Waals surface area (Å²) in [5, 5.41) is 15.0. The van der Waals surface area contributed by atoms with Crippen molar-refractivity contribution in [2.75, 3.05) is 36.4 Å². The Kier molecular flexibility index (Phi) is 7.40. The van der Waals surface area contributed by atoms with Crippen molar-refractivity contribution >= 4 is 52.1 Å². The largest absolute Gasteiger partial charge is 0.391 e. The van der Waals surface area contributed by atoms with Crippen molar-refractivity contribution in [2.45, 2.75) is 38.3 Å². The van der Waals surface area contributed by atoms with Crippen LogP contribution in [0.3, 0.4) is 0 Å². The summed E-state index contributed by atoms with van der Waals surface area (Å²) in [6.45, 7) is 4.80. The van der Waals surface area contributed by atoms with Gasteiger partial charge in [-0.3, -0.25) is 4.79 Å². The van der Waals surface area contributed by atoms with Crippen LogP contribution < -0.4 is 10.2 Å². The lowest BCUT2D eigenvalue weighted by molar-refractivity contribution is -0.135. The summed E-state index contributed by atoms with van der Waals surface area (Å²) in [6.07, 6.45) is 1.94. The summed E-state index contributed by atoms with van der Waals surface area (Å²) in [7, 11) is 0. The van der Waals surface area contributed by atoms with Gasteiger partial charge >= 0.3 is 0 Å². The van der Waals surface area contributed by atoms with Crippen LogP contribution in [-0.2, 0) is 4.79 Å². The van der Waals surface area contributed by atoms with Crippen molar-refractivity contribution < 1.29 is 9.90 Å². The van der Waals surface area contributed by atoms with E-state index in [2.05, 4.69) is 16.3 Å². The number of hydrogen-bond donors (Lipinski definition) is 2. The Labute approximate surface area is 204 Å². The molecule has 2 aromatic carbocycles. The number of amides is 1. The zero-order valence-electron chi connectivity index (χ0n) is 18.0. The molecule has 5 nitrogen and oxygen atoms in total. The van der Waals surface area contributed by atoms with Crippen LogP contribution in [0.4, 0.5) is 11.4 Å². The summed E-state index contributed by atoms with van der Waals surface area (Å²) in [5.74, 6) is 0.224. The summed E-state index contributed by atoms with van der Waals surface area (Å²) >= 11 is 18.9. The third-order valence-electron chi connectivity index (χ3n) is 6.44. The first-order chi connectivity index (χ1) is 15.3. The molecule has 2 aliphatic heterocycles. The van der Waals surface area contributed by atoms with Crippen molar-refractivity contribution in [3.8, 4) is 0 Å².